The first-order valence-electron chi connectivity index (χ1n) is 9.24. The summed E-state index contributed by atoms with van der Waals surface area (Å²) in [5, 5.41) is 13.1. The van der Waals surface area contributed by atoms with Crippen molar-refractivity contribution in [2.45, 2.75) is 26.8 Å². The first-order valence-corrected chi connectivity index (χ1v) is 10.1. The lowest BCUT2D eigenvalue weighted by Crippen LogP contribution is -2.35. The molecule has 0 saturated heterocycles. The summed E-state index contributed by atoms with van der Waals surface area (Å²) in [6.45, 7) is 4.72. The summed E-state index contributed by atoms with van der Waals surface area (Å²) in [5.74, 6) is -0.321. The van der Waals surface area contributed by atoms with E-state index in [1.807, 2.05) is 18.2 Å². The molecule has 0 unspecified atom stereocenters. The molecule has 0 saturated carbocycles. The number of hydrogen-bond acceptors (Lipinski definition) is 6. The van der Waals surface area contributed by atoms with Crippen LogP contribution in [-0.2, 0) is 17.7 Å². The number of thiophene rings is 1. The van der Waals surface area contributed by atoms with Gasteiger partial charge in [0.2, 0.25) is 0 Å². The molecule has 0 fully saturated rings. The number of aryl methyl sites for hydroxylation is 1. The third-order valence-electron chi connectivity index (χ3n) is 4.84. The maximum atomic E-state index is 13.0. The average molecular weight is 409 g/mol. The number of carbonyl (C=O) groups excluding carboxylic acids is 2. The number of pyridine rings is 1. The molecule has 1 N–H and O–H groups in total. The number of nitrogens with zero attached hydrogens (tertiary/aromatic N) is 4. The van der Waals surface area contributed by atoms with E-state index in [1.165, 1.54) is 11.3 Å². The van der Waals surface area contributed by atoms with Crippen LogP contribution in [0.2, 0.25) is 0 Å². The summed E-state index contributed by atoms with van der Waals surface area (Å²) in [6, 6.07) is 7.74. The smallest absolute Gasteiger partial charge is 0.410 e. The molecule has 0 aromatic carbocycles. The molecule has 0 aliphatic carbocycles. The highest BCUT2D eigenvalue weighted by atomic mass is 32.1. The topological polar surface area (TPSA) is 99.7 Å². The Bertz CT molecular complexity index is 1160. The third kappa shape index (κ3) is 3.32. The van der Waals surface area contributed by atoms with Gasteiger partial charge in [-0.1, -0.05) is 6.07 Å². The van der Waals surface area contributed by atoms with Crippen LogP contribution >= 0.6 is 11.3 Å². The molecule has 148 valence electrons. The summed E-state index contributed by atoms with van der Waals surface area (Å²) in [5.41, 5.74) is 3.09. The Balaban J connectivity index is 1.63. The van der Waals surface area contributed by atoms with Gasteiger partial charge in [-0.05, 0) is 38.0 Å². The summed E-state index contributed by atoms with van der Waals surface area (Å²) < 4.78 is 6.80. The molecule has 3 aromatic heterocycles. The number of amides is 2. The number of nitriles is 1. The molecule has 4 rings (SSSR count). The maximum Gasteiger partial charge on any atom is 0.410 e. The molecule has 1 aliphatic rings. The van der Waals surface area contributed by atoms with Gasteiger partial charge in [0.15, 0.2) is 0 Å². The van der Waals surface area contributed by atoms with Crippen LogP contribution in [0, 0.1) is 18.3 Å². The van der Waals surface area contributed by atoms with Crippen LogP contribution in [0.15, 0.2) is 24.4 Å². The second-order valence-corrected chi connectivity index (χ2v) is 7.72. The van der Waals surface area contributed by atoms with Crippen LogP contribution < -0.4 is 5.32 Å². The zero-order chi connectivity index (χ0) is 20.5. The second kappa shape index (κ2) is 7.56. The first kappa shape index (κ1) is 19.0. The number of nitrogens with one attached hydrogen (secondary N) is 1. The summed E-state index contributed by atoms with van der Waals surface area (Å²) >= 11 is 1.33. The van der Waals surface area contributed by atoms with E-state index in [0.717, 1.165) is 10.4 Å². The van der Waals surface area contributed by atoms with Crippen LogP contribution in [0.1, 0.15) is 39.1 Å². The predicted molar refractivity (Wildman–Crippen MR) is 108 cm³/mol. The molecule has 0 atom stereocenters. The highest BCUT2D eigenvalue weighted by Crippen LogP contribution is 2.37. The van der Waals surface area contributed by atoms with Gasteiger partial charge in [0.25, 0.3) is 5.91 Å². The largest absolute Gasteiger partial charge is 0.450 e. The highest BCUT2D eigenvalue weighted by molar-refractivity contribution is 7.16. The van der Waals surface area contributed by atoms with Crippen molar-refractivity contribution in [1.82, 2.24) is 14.3 Å². The van der Waals surface area contributed by atoms with Crippen LogP contribution in [0.4, 0.5) is 9.80 Å². The van der Waals surface area contributed by atoms with Crippen LogP contribution in [-0.4, -0.2) is 39.4 Å². The van der Waals surface area contributed by atoms with Gasteiger partial charge in [0, 0.05) is 17.6 Å². The number of hydrogen-bond donors (Lipinski definition) is 1. The number of anilines is 1. The van der Waals surface area contributed by atoms with Gasteiger partial charge in [0.05, 0.1) is 24.4 Å². The van der Waals surface area contributed by atoms with E-state index in [4.69, 9.17) is 4.74 Å². The van der Waals surface area contributed by atoms with Gasteiger partial charge in [-0.2, -0.15) is 5.26 Å². The summed E-state index contributed by atoms with van der Waals surface area (Å²) in [7, 11) is 0. The van der Waals surface area contributed by atoms with E-state index in [0.29, 0.717) is 53.7 Å². The van der Waals surface area contributed by atoms with Crippen molar-refractivity contribution >= 4 is 34.0 Å². The molecule has 4 heterocycles. The summed E-state index contributed by atoms with van der Waals surface area (Å²) in [6.07, 6.45) is 1.97. The van der Waals surface area contributed by atoms with Gasteiger partial charge in [-0.3, -0.25) is 9.20 Å². The second-order valence-electron chi connectivity index (χ2n) is 6.62. The van der Waals surface area contributed by atoms with Crippen molar-refractivity contribution in [3.05, 3.63) is 51.8 Å². The SMILES string of the molecule is CCOC(=O)N1CCc2c(sc(NC(=O)c3c(C)nc4ccccn34)c2C#N)C1. The first-order chi connectivity index (χ1) is 14.0. The van der Waals surface area contributed by atoms with E-state index in [1.54, 1.807) is 29.3 Å². The van der Waals surface area contributed by atoms with Gasteiger partial charge < -0.3 is 15.0 Å². The molecule has 0 bridgehead atoms. The van der Waals surface area contributed by atoms with Gasteiger partial charge >= 0.3 is 6.09 Å². The molecule has 0 radical (unpaired) electrons. The highest BCUT2D eigenvalue weighted by Gasteiger charge is 2.28. The Morgan fingerprint density at radius 1 is 1.41 bits per heavy atom. The molecule has 8 nitrogen and oxygen atoms in total. The van der Waals surface area contributed by atoms with Gasteiger partial charge in [0.1, 0.15) is 22.4 Å². The van der Waals surface area contributed by atoms with E-state index in [-0.39, 0.29) is 12.0 Å². The third-order valence-corrected chi connectivity index (χ3v) is 5.97. The fourth-order valence-electron chi connectivity index (χ4n) is 3.53. The number of ether oxygens (including phenoxy) is 1. The van der Waals surface area contributed by atoms with E-state index in [2.05, 4.69) is 16.4 Å². The number of fused-ring (bicyclic) bond motifs is 2. The lowest BCUT2D eigenvalue weighted by molar-refractivity contribution is 0.101. The minimum absolute atomic E-state index is 0.316. The van der Waals surface area contributed by atoms with Crippen molar-refractivity contribution in [3.8, 4) is 6.07 Å². The van der Waals surface area contributed by atoms with Crippen LogP contribution in [0.3, 0.4) is 0 Å². The normalized spacial score (nSPS) is 13.1. The Kier molecular flexibility index (Phi) is 4.94. The van der Waals surface area contributed by atoms with Crippen LogP contribution in [0.5, 0.6) is 0 Å². The monoisotopic (exact) mass is 409 g/mol. The predicted octanol–water partition coefficient (Wildman–Crippen LogP) is 3.34. The lowest BCUT2D eigenvalue weighted by Gasteiger charge is -2.25. The van der Waals surface area contributed by atoms with E-state index < -0.39 is 0 Å². The molecule has 0 spiro atoms. The molecular formula is C20H19N5O3S. The molecule has 2 amide bonds. The molecule has 9 heteroatoms. The van der Waals surface area contributed by atoms with Crippen molar-refractivity contribution < 1.29 is 14.3 Å². The maximum absolute atomic E-state index is 13.0. The molecular weight excluding hydrogens is 390 g/mol. The fraction of sp³-hybridized carbons (Fsp3) is 0.300. The quantitative estimate of drug-likeness (QED) is 0.715. The van der Waals surface area contributed by atoms with Crippen molar-refractivity contribution in [2.75, 3.05) is 18.5 Å². The van der Waals surface area contributed by atoms with Gasteiger partial charge in [-0.25, -0.2) is 9.78 Å². The standard InChI is InChI=1S/C20H19N5O3S/c1-3-28-20(27)24-9-7-13-14(10-21)19(29-15(13)11-24)23-18(26)17-12(2)22-16-6-4-5-8-25(16)17/h4-6,8H,3,7,9,11H2,1-2H3,(H,23,26). The minimum atomic E-state index is -0.364. The van der Waals surface area contributed by atoms with Crippen LogP contribution in [0.25, 0.3) is 5.65 Å². The number of imidazole rings is 1. The number of rotatable bonds is 3. The Morgan fingerprint density at radius 3 is 3.00 bits per heavy atom. The zero-order valence-corrected chi connectivity index (χ0v) is 16.9. The van der Waals surface area contributed by atoms with Gasteiger partial charge in [-0.15, -0.1) is 11.3 Å². The summed E-state index contributed by atoms with van der Waals surface area (Å²) in [4.78, 5) is 31.9. The Morgan fingerprint density at radius 2 is 2.24 bits per heavy atom. The lowest BCUT2D eigenvalue weighted by atomic mass is 10.0. The van der Waals surface area contributed by atoms with E-state index >= 15 is 0 Å². The zero-order valence-electron chi connectivity index (χ0n) is 16.1. The van der Waals surface area contributed by atoms with Crippen molar-refractivity contribution in [1.29, 1.82) is 5.26 Å². The van der Waals surface area contributed by atoms with E-state index in [9.17, 15) is 14.9 Å². The molecule has 1 aliphatic heterocycles. The van der Waals surface area contributed by atoms with Crippen molar-refractivity contribution in [3.63, 3.8) is 0 Å². The van der Waals surface area contributed by atoms with Crippen molar-refractivity contribution in [2.24, 2.45) is 0 Å². The molecule has 29 heavy (non-hydrogen) atoms. The number of aromatic nitrogens is 2. The Labute approximate surface area is 171 Å². The number of carbonyl (C=O) groups is 2. The average Bonchev–Trinajstić information content (AvgIpc) is 3.23. The fourth-order valence-corrected chi connectivity index (χ4v) is 4.74. The minimum Gasteiger partial charge on any atom is -0.450 e. The Hall–Kier alpha value is -3.38. The molecule has 3 aromatic rings.